The van der Waals surface area contributed by atoms with Crippen molar-refractivity contribution in [2.45, 2.75) is 0 Å². The number of rotatable bonds is 10. The Hall–Kier alpha value is -3.12. The van der Waals surface area contributed by atoms with E-state index in [9.17, 15) is 4.21 Å². The Labute approximate surface area is 232 Å². The van der Waals surface area contributed by atoms with Crippen LogP contribution in [-0.2, 0) is 11.9 Å². The Morgan fingerprint density at radius 3 is 2.63 bits per heavy atom. The van der Waals surface area contributed by atoms with Crippen molar-refractivity contribution in [3.8, 4) is 5.75 Å². The third kappa shape index (κ3) is 6.12. The lowest BCUT2D eigenvalue weighted by molar-refractivity contribution is 0.184. The van der Waals surface area contributed by atoms with E-state index in [0.29, 0.717) is 22.5 Å². The molecule has 0 unspecified atom stereocenters. The highest BCUT2D eigenvalue weighted by molar-refractivity contribution is 7.67. The second-order valence-electron chi connectivity index (χ2n) is 9.46. The molecular weight excluding hydrogens is 524 g/mol. The van der Waals surface area contributed by atoms with Crippen LogP contribution in [0.15, 0.2) is 48.7 Å². The monoisotopic (exact) mass is 556 g/mol. The van der Waals surface area contributed by atoms with E-state index in [-0.39, 0.29) is 11.9 Å². The molecule has 202 valence electrons. The van der Waals surface area contributed by atoms with Gasteiger partial charge in [0.25, 0.3) is 0 Å². The van der Waals surface area contributed by atoms with E-state index in [1.165, 1.54) is 12.7 Å². The standard InChI is InChI=1S/C26H33ClN8O2S/c1-33(38-36)23-6-4-3-5-21(23)30-25-20(27)16-29-26(32-25)31-22-8-7-19(13-24(22)37-2)35-11-9-34(10-12-35)17-18-14-28-15-18/h3-8,13,16,18,28,38H,9-12,14-15,17H2,1-2H3,(H2,29,30,31,32). The highest BCUT2D eigenvalue weighted by atomic mass is 35.5. The van der Waals surface area contributed by atoms with Gasteiger partial charge in [-0.2, -0.15) is 4.98 Å². The number of anilines is 6. The number of benzene rings is 2. The van der Waals surface area contributed by atoms with Gasteiger partial charge in [0, 0.05) is 64.6 Å². The van der Waals surface area contributed by atoms with Gasteiger partial charge >= 0.3 is 0 Å². The maximum absolute atomic E-state index is 11.4. The lowest BCUT2D eigenvalue weighted by Gasteiger charge is -2.39. The fraction of sp³-hybridized carbons (Fsp3) is 0.385. The number of para-hydroxylation sites is 2. The zero-order valence-electron chi connectivity index (χ0n) is 21.5. The average Bonchev–Trinajstić information content (AvgIpc) is 2.93. The number of ether oxygens (including phenoxy) is 1. The molecule has 2 fully saturated rings. The second kappa shape index (κ2) is 12.2. The van der Waals surface area contributed by atoms with Gasteiger partial charge in [-0.3, -0.25) is 9.21 Å². The molecule has 2 aromatic carbocycles. The smallest absolute Gasteiger partial charge is 0.229 e. The van der Waals surface area contributed by atoms with Gasteiger partial charge in [-0.15, -0.1) is 0 Å². The van der Waals surface area contributed by atoms with Crippen molar-refractivity contribution in [2.75, 3.05) is 79.8 Å². The minimum absolute atomic E-state index is 0.120. The van der Waals surface area contributed by atoms with Crippen LogP contribution in [0.25, 0.3) is 0 Å². The van der Waals surface area contributed by atoms with E-state index in [1.54, 1.807) is 18.5 Å². The summed E-state index contributed by atoms with van der Waals surface area (Å²) in [5, 5.41) is 10.2. The average molecular weight is 557 g/mol. The second-order valence-corrected chi connectivity index (χ2v) is 10.6. The first kappa shape index (κ1) is 26.5. The Bertz CT molecular complexity index is 1270. The maximum Gasteiger partial charge on any atom is 0.229 e. The minimum atomic E-state index is -0.120. The van der Waals surface area contributed by atoms with E-state index in [2.05, 4.69) is 47.9 Å². The molecule has 0 spiro atoms. The first-order valence-electron chi connectivity index (χ1n) is 12.6. The molecule has 3 heterocycles. The van der Waals surface area contributed by atoms with E-state index in [0.717, 1.165) is 67.9 Å². The predicted molar refractivity (Wildman–Crippen MR) is 156 cm³/mol. The molecule has 5 rings (SSSR count). The lowest BCUT2D eigenvalue weighted by Crippen LogP contribution is -2.53. The third-order valence-electron chi connectivity index (χ3n) is 6.92. The summed E-state index contributed by atoms with van der Waals surface area (Å²) >= 11 is 6.28. The first-order chi connectivity index (χ1) is 18.5. The van der Waals surface area contributed by atoms with Crippen molar-refractivity contribution in [1.82, 2.24) is 20.2 Å². The van der Waals surface area contributed by atoms with Crippen molar-refractivity contribution in [3.05, 3.63) is 53.7 Å². The molecule has 0 radical (unpaired) electrons. The molecule has 2 aliphatic rings. The molecule has 3 aromatic rings. The van der Waals surface area contributed by atoms with Gasteiger partial charge in [0.15, 0.2) is 5.82 Å². The molecule has 0 amide bonds. The van der Waals surface area contributed by atoms with Crippen LogP contribution in [0.3, 0.4) is 0 Å². The predicted octanol–water partition coefficient (Wildman–Crippen LogP) is 3.26. The summed E-state index contributed by atoms with van der Waals surface area (Å²) < 4.78 is 18.7. The molecule has 0 bridgehead atoms. The van der Waals surface area contributed by atoms with Crippen LogP contribution in [0.2, 0.25) is 5.02 Å². The Morgan fingerprint density at radius 2 is 1.92 bits per heavy atom. The van der Waals surface area contributed by atoms with Crippen molar-refractivity contribution < 1.29 is 8.95 Å². The fourth-order valence-corrected chi connectivity index (χ4v) is 5.08. The summed E-state index contributed by atoms with van der Waals surface area (Å²) in [7, 11) is 3.39. The van der Waals surface area contributed by atoms with Crippen LogP contribution in [0, 0.1) is 5.92 Å². The number of piperazine rings is 1. The van der Waals surface area contributed by atoms with Crippen LogP contribution in [0.5, 0.6) is 5.75 Å². The van der Waals surface area contributed by atoms with Crippen molar-refractivity contribution in [3.63, 3.8) is 0 Å². The quantitative estimate of drug-likeness (QED) is 0.280. The molecule has 38 heavy (non-hydrogen) atoms. The van der Waals surface area contributed by atoms with Crippen LogP contribution >= 0.6 is 11.6 Å². The molecule has 3 N–H and O–H groups in total. The summed E-state index contributed by atoms with van der Waals surface area (Å²) in [6.45, 7) is 7.60. The number of nitrogens with zero attached hydrogens (tertiary/aromatic N) is 5. The van der Waals surface area contributed by atoms with Gasteiger partial charge in [0.05, 0.1) is 30.4 Å². The van der Waals surface area contributed by atoms with E-state index < -0.39 is 0 Å². The summed E-state index contributed by atoms with van der Waals surface area (Å²) in [5.74, 6) is 2.31. The highest BCUT2D eigenvalue weighted by Gasteiger charge is 2.24. The van der Waals surface area contributed by atoms with Crippen molar-refractivity contribution >= 4 is 58.0 Å². The number of thiol groups is 1. The van der Waals surface area contributed by atoms with Gasteiger partial charge < -0.3 is 25.6 Å². The largest absolute Gasteiger partial charge is 0.494 e. The minimum Gasteiger partial charge on any atom is -0.494 e. The molecule has 0 aliphatic carbocycles. The molecule has 2 aliphatic heterocycles. The van der Waals surface area contributed by atoms with Crippen LogP contribution in [0.1, 0.15) is 0 Å². The number of hydrogen-bond donors (Lipinski definition) is 4. The van der Waals surface area contributed by atoms with E-state index in [1.807, 2.05) is 30.3 Å². The number of aromatic nitrogens is 2. The zero-order valence-corrected chi connectivity index (χ0v) is 23.2. The zero-order chi connectivity index (χ0) is 26.5. The van der Waals surface area contributed by atoms with Crippen molar-refractivity contribution in [2.24, 2.45) is 5.92 Å². The van der Waals surface area contributed by atoms with Crippen LogP contribution in [-0.4, -0.2) is 79.0 Å². The summed E-state index contributed by atoms with van der Waals surface area (Å²) in [4.78, 5) is 13.9. The Balaban J connectivity index is 1.28. The Kier molecular flexibility index (Phi) is 8.48. The molecule has 10 nitrogen and oxygen atoms in total. The molecule has 1 aromatic heterocycles. The fourth-order valence-electron chi connectivity index (χ4n) is 4.68. The van der Waals surface area contributed by atoms with Crippen LogP contribution in [0.4, 0.5) is 34.5 Å². The van der Waals surface area contributed by atoms with E-state index >= 15 is 0 Å². The SMILES string of the molecule is COc1cc(N2CCN(CC3CNC3)CC2)ccc1Nc1ncc(Cl)c(Nc2ccccc2N(C)[SH]=O)n1. The number of methoxy groups -OCH3 is 1. The van der Waals surface area contributed by atoms with Gasteiger partial charge in [-0.05, 0) is 30.2 Å². The molecule has 12 heteroatoms. The normalized spacial score (nSPS) is 16.1. The van der Waals surface area contributed by atoms with Crippen LogP contribution < -0.4 is 29.9 Å². The summed E-state index contributed by atoms with van der Waals surface area (Å²) in [6.07, 6.45) is 1.54. The number of halogens is 1. The molecular formula is C26H33ClN8O2S. The molecule has 0 atom stereocenters. The van der Waals surface area contributed by atoms with Crippen molar-refractivity contribution in [1.29, 1.82) is 0 Å². The summed E-state index contributed by atoms with van der Waals surface area (Å²) in [6, 6.07) is 13.6. The highest BCUT2D eigenvalue weighted by Crippen LogP contribution is 2.34. The maximum atomic E-state index is 11.4. The number of hydrogen-bond acceptors (Lipinski definition) is 9. The molecule has 2 saturated heterocycles. The van der Waals surface area contributed by atoms with E-state index in [4.69, 9.17) is 16.3 Å². The molecule has 0 saturated carbocycles. The van der Waals surface area contributed by atoms with Gasteiger partial charge in [-0.25, -0.2) is 9.19 Å². The number of nitrogens with one attached hydrogen (secondary N) is 3. The lowest BCUT2D eigenvalue weighted by atomic mass is 10.0. The Morgan fingerprint density at radius 1 is 1.13 bits per heavy atom. The third-order valence-corrected chi connectivity index (χ3v) is 7.66. The topological polar surface area (TPSA) is 97.9 Å². The van der Waals surface area contributed by atoms with Gasteiger partial charge in [0.2, 0.25) is 5.95 Å². The summed E-state index contributed by atoms with van der Waals surface area (Å²) in [5.41, 5.74) is 3.35. The van der Waals surface area contributed by atoms with Gasteiger partial charge in [-0.1, -0.05) is 23.7 Å². The first-order valence-corrected chi connectivity index (χ1v) is 13.8. The van der Waals surface area contributed by atoms with Gasteiger partial charge in [0.1, 0.15) is 22.6 Å².